The number of carbonyl (C=O) groups is 1. The van der Waals surface area contributed by atoms with Gasteiger partial charge in [0.1, 0.15) is 0 Å². The van der Waals surface area contributed by atoms with Crippen LogP contribution in [0.25, 0.3) is 0 Å². The van der Waals surface area contributed by atoms with Crippen LogP contribution >= 0.6 is 0 Å². The minimum atomic E-state index is 0.182. The van der Waals surface area contributed by atoms with Gasteiger partial charge >= 0.3 is 0 Å². The molecule has 1 aliphatic rings. The summed E-state index contributed by atoms with van der Waals surface area (Å²) in [6.07, 6.45) is 2.92. The highest BCUT2D eigenvalue weighted by atomic mass is 16.2. The lowest BCUT2D eigenvalue weighted by Crippen LogP contribution is -2.43. The van der Waals surface area contributed by atoms with Crippen molar-refractivity contribution in [3.63, 3.8) is 0 Å². The van der Waals surface area contributed by atoms with Crippen molar-refractivity contribution in [3.05, 3.63) is 0 Å². The highest BCUT2D eigenvalue weighted by Crippen LogP contribution is 2.30. The Hall–Kier alpha value is -0.610. The SMILES string of the molecule is CC1CC(N)CCC1C(=O)N(C)CCN(C)C. The fourth-order valence-corrected chi connectivity index (χ4v) is 2.55. The van der Waals surface area contributed by atoms with Gasteiger partial charge in [0, 0.05) is 32.1 Å². The predicted molar refractivity (Wildman–Crippen MR) is 70.7 cm³/mol. The van der Waals surface area contributed by atoms with Gasteiger partial charge in [0.2, 0.25) is 5.91 Å². The highest BCUT2D eigenvalue weighted by molar-refractivity contribution is 5.79. The summed E-state index contributed by atoms with van der Waals surface area (Å²) < 4.78 is 0. The van der Waals surface area contributed by atoms with E-state index in [2.05, 4.69) is 11.8 Å². The van der Waals surface area contributed by atoms with E-state index in [1.165, 1.54) is 0 Å². The summed E-state index contributed by atoms with van der Waals surface area (Å²) in [7, 11) is 5.97. The summed E-state index contributed by atoms with van der Waals surface area (Å²) in [5.74, 6) is 0.904. The van der Waals surface area contributed by atoms with Gasteiger partial charge in [-0.25, -0.2) is 0 Å². The topological polar surface area (TPSA) is 49.6 Å². The van der Waals surface area contributed by atoms with Crippen molar-refractivity contribution in [1.29, 1.82) is 0 Å². The summed E-state index contributed by atoms with van der Waals surface area (Å²) in [5, 5.41) is 0. The molecule has 3 unspecified atom stereocenters. The number of nitrogens with zero attached hydrogens (tertiary/aromatic N) is 2. The zero-order valence-electron chi connectivity index (χ0n) is 11.6. The molecular weight excluding hydrogens is 214 g/mol. The van der Waals surface area contributed by atoms with Crippen LogP contribution in [-0.2, 0) is 4.79 Å². The molecule has 4 nitrogen and oxygen atoms in total. The second kappa shape index (κ2) is 6.36. The second-order valence-corrected chi connectivity index (χ2v) is 5.72. The Bertz CT molecular complexity index is 255. The van der Waals surface area contributed by atoms with Gasteiger partial charge in [-0.2, -0.15) is 0 Å². The first-order chi connectivity index (χ1) is 7.91. The van der Waals surface area contributed by atoms with Gasteiger partial charge in [-0.3, -0.25) is 4.79 Å². The lowest BCUT2D eigenvalue weighted by Gasteiger charge is -2.34. The van der Waals surface area contributed by atoms with Crippen LogP contribution in [0.3, 0.4) is 0 Å². The van der Waals surface area contributed by atoms with Crippen molar-refractivity contribution < 1.29 is 4.79 Å². The van der Waals surface area contributed by atoms with Crippen molar-refractivity contribution in [2.24, 2.45) is 17.6 Å². The third-order valence-corrected chi connectivity index (χ3v) is 3.79. The molecule has 0 bridgehead atoms. The number of nitrogens with two attached hydrogens (primary N) is 1. The predicted octanol–water partition coefficient (Wildman–Crippen LogP) is 0.770. The standard InChI is InChI=1S/C13H27N3O/c1-10-9-11(14)5-6-12(10)13(17)16(4)8-7-15(2)3/h10-12H,5-9,14H2,1-4H3. The van der Waals surface area contributed by atoms with E-state index in [1.54, 1.807) is 0 Å². The van der Waals surface area contributed by atoms with Crippen molar-refractivity contribution >= 4 is 5.91 Å². The van der Waals surface area contributed by atoms with E-state index >= 15 is 0 Å². The van der Waals surface area contributed by atoms with Crippen LogP contribution in [-0.4, -0.2) is 56.0 Å². The lowest BCUT2D eigenvalue weighted by atomic mass is 9.77. The Morgan fingerprint density at radius 1 is 1.24 bits per heavy atom. The second-order valence-electron chi connectivity index (χ2n) is 5.72. The van der Waals surface area contributed by atoms with E-state index < -0.39 is 0 Å². The molecule has 0 aromatic heterocycles. The molecule has 1 fully saturated rings. The van der Waals surface area contributed by atoms with Crippen molar-refractivity contribution in [1.82, 2.24) is 9.80 Å². The fourth-order valence-electron chi connectivity index (χ4n) is 2.55. The monoisotopic (exact) mass is 241 g/mol. The summed E-state index contributed by atoms with van der Waals surface area (Å²) in [6.45, 7) is 3.88. The molecule has 1 amide bonds. The molecule has 0 aromatic carbocycles. The molecule has 100 valence electrons. The van der Waals surface area contributed by atoms with Gasteiger partial charge < -0.3 is 15.5 Å². The lowest BCUT2D eigenvalue weighted by molar-refractivity contribution is -0.137. The molecule has 2 N–H and O–H groups in total. The first-order valence-corrected chi connectivity index (χ1v) is 6.57. The van der Waals surface area contributed by atoms with Gasteiger partial charge in [-0.1, -0.05) is 6.92 Å². The van der Waals surface area contributed by atoms with E-state index in [-0.39, 0.29) is 5.92 Å². The Kier molecular flexibility index (Phi) is 5.40. The number of amides is 1. The normalized spacial score (nSPS) is 29.4. The summed E-state index contributed by atoms with van der Waals surface area (Å²) in [6, 6.07) is 0.293. The van der Waals surface area contributed by atoms with Crippen LogP contribution in [0.2, 0.25) is 0 Å². The van der Waals surface area contributed by atoms with Crippen molar-refractivity contribution in [2.75, 3.05) is 34.2 Å². The average Bonchev–Trinajstić information content (AvgIpc) is 2.25. The van der Waals surface area contributed by atoms with Crippen LogP contribution in [0.5, 0.6) is 0 Å². The number of likely N-dealkylation sites (N-methyl/N-ethyl adjacent to an activating group) is 2. The van der Waals surface area contributed by atoms with E-state index in [1.807, 2.05) is 26.0 Å². The van der Waals surface area contributed by atoms with Crippen LogP contribution in [0.4, 0.5) is 0 Å². The number of carbonyl (C=O) groups excluding carboxylic acids is 1. The summed E-state index contributed by atoms with van der Waals surface area (Å²) in [4.78, 5) is 16.3. The molecule has 0 aromatic rings. The molecule has 4 heteroatoms. The Morgan fingerprint density at radius 2 is 1.88 bits per heavy atom. The minimum Gasteiger partial charge on any atom is -0.344 e. The van der Waals surface area contributed by atoms with Gasteiger partial charge in [0.25, 0.3) is 0 Å². The maximum atomic E-state index is 12.3. The number of hydrogen-bond acceptors (Lipinski definition) is 3. The molecule has 0 spiro atoms. The molecule has 1 aliphatic carbocycles. The highest BCUT2D eigenvalue weighted by Gasteiger charge is 2.32. The molecule has 3 atom stereocenters. The van der Waals surface area contributed by atoms with Gasteiger partial charge in [0.05, 0.1) is 0 Å². The third-order valence-electron chi connectivity index (χ3n) is 3.79. The number of hydrogen-bond donors (Lipinski definition) is 1. The van der Waals surface area contributed by atoms with Crippen molar-refractivity contribution in [2.45, 2.75) is 32.2 Å². The quantitative estimate of drug-likeness (QED) is 0.791. The fraction of sp³-hybridized carbons (Fsp3) is 0.923. The molecule has 0 aliphatic heterocycles. The van der Waals surface area contributed by atoms with Crippen molar-refractivity contribution in [3.8, 4) is 0 Å². The zero-order valence-corrected chi connectivity index (χ0v) is 11.6. The molecule has 1 saturated carbocycles. The Balaban J connectivity index is 2.45. The molecule has 17 heavy (non-hydrogen) atoms. The minimum absolute atomic E-state index is 0.182. The Labute approximate surface area is 105 Å². The van der Waals surface area contributed by atoms with E-state index in [0.29, 0.717) is 17.9 Å². The summed E-state index contributed by atoms with van der Waals surface area (Å²) >= 11 is 0. The summed E-state index contributed by atoms with van der Waals surface area (Å²) in [5.41, 5.74) is 5.93. The largest absolute Gasteiger partial charge is 0.344 e. The van der Waals surface area contributed by atoms with E-state index in [9.17, 15) is 4.79 Å². The van der Waals surface area contributed by atoms with E-state index in [0.717, 1.165) is 32.4 Å². The first-order valence-electron chi connectivity index (χ1n) is 6.57. The Morgan fingerprint density at radius 3 is 2.41 bits per heavy atom. The third kappa shape index (κ3) is 4.28. The first kappa shape index (κ1) is 14.5. The van der Waals surface area contributed by atoms with Crippen LogP contribution < -0.4 is 5.73 Å². The van der Waals surface area contributed by atoms with Gasteiger partial charge in [-0.15, -0.1) is 0 Å². The molecule has 0 saturated heterocycles. The van der Waals surface area contributed by atoms with Gasteiger partial charge in [-0.05, 0) is 39.3 Å². The smallest absolute Gasteiger partial charge is 0.225 e. The van der Waals surface area contributed by atoms with Crippen LogP contribution in [0, 0.1) is 11.8 Å². The maximum absolute atomic E-state index is 12.3. The molecular formula is C13H27N3O. The molecule has 0 heterocycles. The maximum Gasteiger partial charge on any atom is 0.225 e. The number of rotatable bonds is 4. The molecule has 0 radical (unpaired) electrons. The molecule has 1 rings (SSSR count). The van der Waals surface area contributed by atoms with Gasteiger partial charge in [0.15, 0.2) is 0 Å². The van der Waals surface area contributed by atoms with E-state index in [4.69, 9.17) is 5.73 Å². The van der Waals surface area contributed by atoms with Crippen LogP contribution in [0.15, 0.2) is 0 Å². The van der Waals surface area contributed by atoms with Crippen LogP contribution in [0.1, 0.15) is 26.2 Å². The average molecular weight is 241 g/mol. The zero-order chi connectivity index (χ0) is 13.0.